The number of hydrogen-bond acceptors (Lipinski definition) is 5. The molecule has 0 radical (unpaired) electrons. The number of esters is 1. The monoisotopic (exact) mass is 488 g/mol. The number of aryl methyl sites for hydroxylation is 2. The predicted octanol–water partition coefficient (Wildman–Crippen LogP) is 5.72. The molecule has 6 nitrogen and oxygen atoms in total. The molecule has 3 aromatic rings. The molecule has 1 aliphatic heterocycles. The minimum atomic E-state index is -3.74. The lowest BCUT2D eigenvalue weighted by atomic mass is 9.77. The van der Waals surface area contributed by atoms with Crippen LogP contribution < -0.4 is 10.0 Å². The van der Waals surface area contributed by atoms with Crippen molar-refractivity contribution in [1.29, 1.82) is 0 Å². The van der Waals surface area contributed by atoms with Crippen LogP contribution >= 0.6 is 0 Å². The Labute approximate surface area is 206 Å². The lowest BCUT2D eigenvalue weighted by Crippen LogP contribution is -2.29. The molecule has 0 saturated heterocycles. The summed E-state index contributed by atoms with van der Waals surface area (Å²) in [7, 11) is -2.37. The Morgan fingerprint density at radius 2 is 1.80 bits per heavy atom. The van der Waals surface area contributed by atoms with E-state index in [1.807, 2.05) is 44.2 Å². The fourth-order valence-electron chi connectivity index (χ4n) is 5.15. The average molecular weight is 489 g/mol. The van der Waals surface area contributed by atoms with Gasteiger partial charge in [-0.1, -0.05) is 42.0 Å². The molecule has 35 heavy (non-hydrogen) atoms. The van der Waals surface area contributed by atoms with Crippen molar-refractivity contribution in [3.05, 3.63) is 101 Å². The SMILES string of the molecule is COC(=O)c1ccc([C@H]2Nc3ccc(S(=O)(=O)Nc4ccc(C)cc4C)cc3C3C=CCC32)cc1. The van der Waals surface area contributed by atoms with Crippen molar-refractivity contribution >= 4 is 27.4 Å². The number of sulfonamides is 1. The molecular weight excluding hydrogens is 460 g/mol. The molecule has 0 bridgehead atoms. The van der Waals surface area contributed by atoms with Crippen LogP contribution in [0.3, 0.4) is 0 Å². The van der Waals surface area contributed by atoms with Gasteiger partial charge in [0.2, 0.25) is 0 Å². The molecule has 180 valence electrons. The molecule has 1 aliphatic carbocycles. The number of ether oxygens (including phenoxy) is 1. The van der Waals surface area contributed by atoms with Crippen LogP contribution in [0, 0.1) is 19.8 Å². The first-order chi connectivity index (χ1) is 16.8. The lowest BCUT2D eigenvalue weighted by molar-refractivity contribution is 0.0600. The number of fused-ring (bicyclic) bond motifs is 3. The zero-order chi connectivity index (χ0) is 24.7. The Morgan fingerprint density at radius 3 is 2.51 bits per heavy atom. The first-order valence-electron chi connectivity index (χ1n) is 11.6. The van der Waals surface area contributed by atoms with E-state index in [9.17, 15) is 13.2 Å². The zero-order valence-corrected chi connectivity index (χ0v) is 20.7. The average Bonchev–Trinajstić information content (AvgIpc) is 3.35. The Hall–Kier alpha value is -3.58. The summed E-state index contributed by atoms with van der Waals surface area (Å²) in [6, 6.07) is 18.5. The van der Waals surface area contributed by atoms with Crippen molar-refractivity contribution in [2.75, 3.05) is 17.1 Å². The molecule has 7 heteroatoms. The predicted molar refractivity (Wildman–Crippen MR) is 137 cm³/mol. The van der Waals surface area contributed by atoms with Crippen molar-refractivity contribution in [3.63, 3.8) is 0 Å². The van der Waals surface area contributed by atoms with Crippen LogP contribution in [0.1, 0.15) is 51.0 Å². The molecule has 3 atom stereocenters. The molecule has 0 aromatic heterocycles. The maximum Gasteiger partial charge on any atom is 0.337 e. The molecule has 2 N–H and O–H groups in total. The maximum atomic E-state index is 13.2. The first-order valence-corrected chi connectivity index (χ1v) is 13.1. The number of nitrogens with one attached hydrogen (secondary N) is 2. The standard InChI is InChI=1S/C28H28N2O4S/c1-17-7-13-25(18(2)15-17)30-35(32,33)21-12-14-26-24(16-21)22-5-4-6-23(22)27(29-26)19-8-10-20(11-9-19)28(31)34-3/h4-5,7-16,22-23,27,29-30H,6H2,1-3H3/t22?,23?,27-/m1/s1. The van der Waals surface area contributed by atoms with Gasteiger partial charge in [-0.2, -0.15) is 0 Å². The van der Waals surface area contributed by atoms with Crippen molar-refractivity contribution in [2.45, 2.75) is 37.1 Å². The lowest BCUT2D eigenvalue weighted by Gasteiger charge is -2.37. The highest BCUT2D eigenvalue weighted by Crippen LogP contribution is 2.50. The number of methoxy groups -OCH3 is 1. The molecule has 0 spiro atoms. The minimum Gasteiger partial charge on any atom is -0.465 e. The van der Waals surface area contributed by atoms with Crippen LogP contribution in [0.2, 0.25) is 0 Å². The second kappa shape index (κ2) is 8.89. The highest BCUT2D eigenvalue weighted by atomic mass is 32.2. The van der Waals surface area contributed by atoms with E-state index in [-0.39, 0.29) is 28.7 Å². The van der Waals surface area contributed by atoms with E-state index in [4.69, 9.17) is 4.74 Å². The normalized spacial score (nSPS) is 20.5. The van der Waals surface area contributed by atoms with Crippen LogP contribution in [0.4, 0.5) is 11.4 Å². The van der Waals surface area contributed by atoms with E-state index in [0.717, 1.165) is 34.4 Å². The molecule has 0 fully saturated rings. The maximum absolute atomic E-state index is 13.2. The van der Waals surface area contributed by atoms with E-state index in [2.05, 4.69) is 22.2 Å². The topological polar surface area (TPSA) is 84.5 Å². The van der Waals surface area contributed by atoms with Gasteiger partial charge in [-0.05, 0) is 79.3 Å². The number of carbonyl (C=O) groups is 1. The van der Waals surface area contributed by atoms with Gasteiger partial charge >= 0.3 is 5.97 Å². The second-order valence-electron chi connectivity index (χ2n) is 9.26. The Morgan fingerprint density at radius 1 is 1.03 bits per heavy atom. The van der Waals surface area contributed by atoms with E-state index in [1.54, 1.807) is 30.3 Å². The zero-order valence-electron chi connectivity index (χ0n) is 19.9. The summed E-state index contributed by atoms with van der Waals surface area (Å²) in [5.41, 5.74) is 6.04. The largest absolute Gasteiger partial charge is 0.465 e. The van der Waals surface area contributed by atoms with E-state index in [1.165, 1.54) is 7.11 Å². The van der Waals surface area contributed by atoms with Gasteiger partial charge in [0.25, 0.3) is 10.0 Å². The number of carbonyl (C=O) groups excluding carboxylic acids is 1. The fraction of sp³-hybridized carbons (Fsp3) is 0.250. The Bertz CT molecular complexity index is 1430. The van der Waals surface area contributed by atoms with Gasteiger partial charge in [-0.3, -0.25) is 4.72 Å². The van der Waals surface area contributed by atoms with Gasteiger partial charge in [-0.25, -0.2) is 13.2 Å². The third kappa shape index (κ3) is 4.32. The number of hydrogen-bond donors (Lipinski definition) is 2. The van der Waals surface area contributed by atoms with Crippen molar-refractivity contribution < 1.29 is 17.9 Å². The molecular formula is C28H28N2O4S. The van der Waals surface area contributed by atoms with Gasteiger partial charge in [0.05, 0.1) is 29.3 Å². The number of anilines is 2. The van der Waals surface area contributed by atoms with Gasteiger partial charge in [0, 0.05) is 11.6 Å². The summed E-state index contributed by atoms with van der Waals surface area (Å²) in [6.45, 7) is 3.88. The first kappa shape index (κ1) is 23.2. The van der Waals surface area contributed by atoms with Gasteiger partial charge in [0.15, 0.2) is 0 Å². The number of benzene rings is 3. The van der Waals surface area contributed by atoms with Crippen molar-refractivity contribution in [2.24, 2.45) is 5.92 Å². The van der Waals surface area contributed by atoms with Crippen molar-refractivity contribution in [1.82, 2.24) is 0 Å². The molecule has 0 amide bonds. The van der Waals surface area contributed by atoms with Crippen LogP contribution in [0.25, 0.3) is 0 Å². The fourth-order valence-corrected chi connectivity index (χ4v) is 6.31. The Kier molecular flexibility index (Phi) is 5.89. The van der Waals surface area contributed by atoms with Gasteiger partial charge in [0.1, 0.15) is 0 Å². The van der Waals surface area contributed by atoms with Crippen LogP contribution in [0.5, 0.6) is 0 Å². The summed E-state index contributed by atoms with van der Waals surface area (Å²) in [5.74, 6) is -0.00776. The summed E-state index contributed by atoms with van der Waals surface area (Å²) >= 11 is 0. The van der Waals surface area contributed by atoms with Crippen LogP contribution in [-0.2, 0) is 14.8 Å². The highest BCUT2D eigenvalue weighted by molar-refractivity contribution is 7.92. The molecule has 5 rings (SSSR count). The smallest absolute Gasteiger partial charge is 0.337 e. The summed E-state index contributed by atoms with van der Waals surface area (Å²) < 4.78 is 34.0. The number of rotatable bonds is 5. The third-order valence-corrected chi connectivity index (χ3v) is 8.32. The van der Waals surface area contributed by atoms with Gasteiger partial charge in [-0.15, -0.1) is 0 Å². The highest BCUT2D eigenvalue weighted by Gasteiger charge is 2.38. The summed E-state index contributed by atoms with van der Waals surface area (Å²) in [4.78, 5) is 12.1. The van der Waals surface area contributed by atoms with E-state index < -0.39 is 10.0 Å². The number of allylic oxidation sites excluding steroid dienone is 2. The minimum absolute atomic E-state index is 0.0463. The van der Waals surface area contributed by atoms with Gasteiger partial charge < -0.3 is 10.1 Å². The third-order valence-electron chi connectivity index (χ3n) is 6.96. The molecule has 1 heterocycles. The molecule has 2 unspecified atom stereocenters. The quantitative estimate of drug-likeness (QED) is 0.355. The van der Waals surface area contributed by atoms with Crippen LogP contribution in [-0.4, -0.2) is 21.5 Å². The van der Waals surface area contributed by atoms with Crippen molar-refractivity contribution in [3.8, 4) is 0 Å². The summed E-state index contributed by atoms with van der Waals surface area (Å²) in [6.07, 6.45) is 5.23. The molecule has 2 aliphatic rings. The summed E-state index contributed by atoms with van der Waals surface area (Å²) in [5, 5.41) is 3.62. The second-order valence-corrected chi connectivity index (χ2v) is 10.9. The molecule has 0 saturated carbocycles. The van der Waals surface area contributed by atoms with Crippen LogP contribution in [0.15, 0.2) is 77.7 Å². The van der Waals surface area contributed by atoms with E-state index >= 15 is 0 Å². The molecule has 3 aromatic carbocycles. The Balaban J connectivity index is 1.45. The van der Waals surface area contributed by atoms with E-state index in [0.29, 0.717) is 11.3 Å².